The number of hydrogen-bond donors (Lipinski definition) is 3. The summed E-state index contributed by atoms with van der Waals surface area (Å²) in [5.74, 6) is -0.435. The molecule has 1 atom stereocenters. The van der Waals surface area contributed by atoms with Crippen LogP contribution in [0.3, 0.4) is 0 Å². The number of nitrogens with zero attached hydrogens (tertiary/aromatic N) is 2. The van der Waals surface area contributed by atoms with Crippen LogP contribution in [0.15, 0.2) is 60.9 Å². The average molecular weight is 431 g/mol. The molecule has 1 aliphatic rings. The van der Waals surface area contributed by atoms with Crippen LogP contribution >= 0.6 is 0 Å². The highest BCUT2D eigenvalue weighted by Gasteiger charge is 2.21. The molecule has 1 unspecified atom stereocenters. The number of pyridine rings is 1. The maximum Gasteiger partial charge on any atom is 0.337 e. The summed E-state index contributed by atoms with van der Waals surface area (Å²) in [6, 6.07) is 17.0. The SMILES string of the molecule is CC(C)c1ccc(N(C)c2ccc3c(c2)CCNC3CNc2cnccc2C(=O)O)cc1. The van der Waals surface area contributed by atoms with Crippen LogP contribution < -0.4 is 15.5 Å². The molecule has 166 valence electrons. The fraction of sp³-hybridized carbons (Fsp3) is 0.308. The topological polar surface area (TPSA) is 77.5 Å². The summed E-state index contributed by atoms with van der Waals surface area (Å²) in [5, 5.41) is 16.2. The lowest BCUT2D eigenvalue weighted by Crippen LogP contribution is -2.34. The third kappa shape index (κ3) is 4.60. The molecule has 1 aliphatic heterocycles. The normalized spacial score (nSPS) is 15.3. The van der Waals surface area contributed by atoms with Crippen LogP contribution in [-0.2, 0) is 6.42 Å². The van der Waals surface area contributed by atoms with E-state index in [4.69, 9.17) is 0 Å². The molecule has 2 heterocycles. The zero-order chi connectivity index (χ0) is 22.7. The molecular formula is C26H30N4O2. The van der Waals surface area contributed by atoms with E-state index in [0.29, 0.717) is 18.2 Å². The fourth-order valence-corrected chi connectivity index (χ4v) is 4.20. The molecule has 2 aromatic carbocycles. The van der Waals surface area contributed by atoms with Gasteiger partial charge in [0.05, 0.1) is 17.4 Å². The number of carbonyl (C=O) groups is 1. The highest BCUT2D eigenvalue weighted by molar-refractivity contribution is 5.93. The van der Waals surface area contributed by atoms with E-state index in [2.05, 4.69) is 83.9 Å². The molecule has 0 saturated carbocycles. The Kier molecular flexibility index (Phi) is 6.42. The summed E-state index contributed by atoms with van der Waals surface area (Å²) in [4.78, 5) is 17.7. The first-order valence-electron chi connectivity index (χ1n) is 11.0. The van der Waals surface area contributed by atoms with Crippen molar-refractivity contribution in [2.45, 2.75) is 32.2 Å². The van der Waals surface area contributed by atoms with Crippen LogP contribution in [0.4, 0.5) is 17.1 Å². The minimum Gasteiger partial charge on any atom is -0.478 e. The standard InChI is InChI=1S/C26H30N4O2/c1-17(2)18-4-6-20(7-5-18)30(3)21-8-9-22-19(14-21)10-13-28-25(22)16-29-24-15-27-12-11-23(24)26(31)32/h4-9,11-12,14-15,17,25,28-29H,10,13,16H2,1-3H3,(H,31,32). The Bertz CT molecular complexity index is 1100. The van der Waals surface area contributed by atoms with Crippen molar-refractivity contribution in [2.75, 3.05) is 30.4 Å². The van der Waals surface area contributed by atoms with Crippen molar-refractivity contribution in [2.24, 2.45) is 0 Å². The van der Waals surface area contributed by atoms with Crippen LogP contribution in [-0.4, -0.2) is 36.2 Å². The van der Waals surface area contributed by atoms with Gasteiger partial charge in [-0.15, -0.1) is 0 Å². The number of aromatic carboxylic acids is 1. The van der Waals surface area contributed by atoms with Crippen molar-refractivity contribution in [3.8, 4) is 0 Å². The number of anilines is 3. The summed E-state index contributed by atoms with van der Waals surface area (Å²) in [6.07, 6.45) is 4.03. The van der Waals surface area contributed by atoms with Gasteiger partial charge in [0.15, 0.2) is 0 Å². The second-order valence-electron chi connectivity index (χ2n) is 8.55. The number of rotatable bonds is 7. The Morgan fingerprint density at radius 2 is 1.94 bits per heavy atom. The second-order valence-corrected chi connectivity index (χ2v) is 8.55. The van der Waals surface area contributed by atoms with E-state index in [9.17, 15) is 9.90 Å². The maximum absolute atomic E-state index is 11.5. The Morgan fingerprint density at radius 3 is 2.66 bits per heavy atom. The van der Waals surface area contributed by atoms with E-state index in [0.717, 1.165) is 18.7 Å². The Balaban J connectivity index is 1.51. The van der Waals surface area contributed by atoms with Gasteiger partial charge in [0.25, 0.3) is 0 Å². The summed E-state index contributed by atoms with van der Waals surface area (Å²) < 4.78 is 0. The van der Waals surface area contributed by atoms with E-state index >= 15 is 0 Å². The predicted molar refractivity (Wildman–Crippen MR) is 129 cm³/mol. The van der Waals surface area contributed by atoms with Crippen molar-refractivity contribution in [1.29, 1.82) is 0 Å². The van der Waals surface area contributed by atoms with E-state index in [1.807, 2.05) is 0 Å². The largest absolute Gasteiger partial charge is 0.478 e. The number of hydrogen-bond acceptors (Lipinski definition) is 5. The highest BCUT2D eigenvalue weighted by atomic mass is 16.4. The molecule has 4 rings (SSSR count). The molecule has 3 aromatic rings. The number of aromatic nitrogens is 1. The van der Waals surface area contributed by atoms with Crippen LogP contribution in [0.1, 0.15) is 52.9 Å². The van der Waals surface area contributed by atoms with E-state index in [1.54, 1.807) is 6.20 Å². The number of fused-ring (bicyclic) bond motifs is 1. The molecule has 0 aliphatic carbocycles. The second kappa shape index (κ2) is 9.40. The molecule has 6 nitrogen and oxygen atoms in total. The lowest BCUT2D eigenvalue weighted by molar-refractivity contribution is 0.0697. The van der Waals surface area contributed by atoms with Crippen LogP contribution in [0, 0.1) is 0 Å². The summed E-state index contributed by atoms with van der Waals surface area (Å²) in [5.41, 5.74) is 7.01. The molecule has 6 heteroatoms. The maximum atomic E-state index is 11.5. The summed E-state index contributed by atoms with van der Waals surface area (Å²) in [7, 11) is 2.10. The van der Waals surface area contributed by atoms with Gasteiger partial charge in [0.1, 0.15) is 0 Å². The molecule has 0 bridgehead atoms. The van der Waals surface area contributed by atoms with Gasteiger partial charge in [0.2, 0.25) is 0 Å². The van der Waals surface area contributed by atoms with Crippen LogP contribution in [0.25, 0.3) is 0 Å². The van der Waals surface area contributed by atoms with Crippen molar-refractivity contribution in [3.05, 3.63) is 83.2 Å². The quantitative estimate of drug-likeness (QED) is 0.491. The number of benzene rings is 2. The molecular weight excluding hydrogens is 400 g/mol. The van der Waals surface area contributed by atoms with Crippen molar-refractivity contribution >= 4 is 23.0 Å². The van der Waals surface area contributed by atoms with Crippen molar-refractivity contribution in [1.82, 2.24) is 10.3 Å². The molecule has 0 fully saturated rings. The molecule has 0 amide bonds. The summed E-state index contributed by atoms with van der Waals surface area (Å²) >= 11 is 0. The molecule has 1 aromatic heterocycles. The minimum absolute atomic E-state index is 0.102. The minimum atomic E-state index is -0.957. The smallest absolute Gasteiger partial charge is 0.337 e. The Morgan fingerprint density at radius 1 is 1.19 bits per heavy atom. The Hall–Kier alpha value is -3.38. The number of carboxylic acid groups (broad SMARTS) is 1. The van der Waals surface area contributed by atoms with Gasteiger partial charge in [-0.05, 0) is 65.9 Å². The van der Waals surface area contributed by atoms with Crippen LogP contribution in [0.2, 0.25) is 0 Å². The number of nitrogens with one attached hydrogen (secondary N) is 2. The summed E-state index contributed by atoms with van der Waals surface area (Å²) in [6.45, 7) is 5.88. The fourth-order valence-electron chi connectivity index (χ4n) is 4.20. The van der Waals surface area contributed by atoms with Gasteiger partial charge in [-0.2, -0.15) is 0 Å². The molecule has 3 N–H and O–H groups in total. The lowest BCUT2D eigenvalue weighted by atomic mass is 9.93. The number of carboxylic acids is 1. The third-order valence-electron chi connectivity index (χ3n) is 6.17. The first kappa shape index (κ1) is 21.8. The highest BCUT2D eigenvalue weighted by Crippen LogP contribution is 2.31. The molecule has 0 saturated heterocycles. The third-order valence-corrected chi connectivity index (χ3v) is 6.17. The van der Waals surface area contributed by atoms with Gasteiger partial charge < -0.3 is 20.6 Å². The van der Waals surface area contributed by atoms with Gasteiger partial charge >= 0.3 is 5.97 Å². The van der Waals surface area contributed by atoms with Gasteiger partial charge in [-0.1, -0.05) is 32.0 Å². The van der Waals surface area contributed by atoms with E-state index in [1.165, 1.54) is 34.6 Å². The first-order valence-corrected chi connectivity index (χ1v) is 11.0. The zero-order valence-corrected chi connectivity index (χ0v) is 18.8. The van der Waals surface area contributed by atoms with Crippen molar-refractivity contribution in [3.63, 3.8) is 0 Å². The lowest BCUT2D eigenvalue weighted by Gasteiger charge is -2.29. The van der Waals surface area contributed by atoms with E-state index < -0.39 is 5.97 Å². The molecule has 0 radical (unpaired) electrons. The van der Waals surface area contributed by atoms with Crippen LogP contribution in [0.5, 0.6) is 0 Å². The Labute approximate surface area is 189 Å². The monoisotopic (exact) mass is 430 g/mol. The molecule has 32 heavy (non-hydrogen) atoms. The average Bonchev–Trinajstić information content (AvgIpc) is 2.82. The molecule has 0 spiro atoms. The van der Waals surface area contributed by atoms with Gasteiger partial charge in [0, 0.05) is 37.2 Å². The first-order chi connectivity index (χ1) is 15.4. The predicted octanol–water partition coefficient (Wildman–Crippen LogP) is 4.97. The van der Waals surface area contributed by atoms with Gasteiger partial charge in [-0.25, -0.2) is 4.79 Å². The van der Waals surface area contributed by atoms with Crippen molar-refractivity contribution < 1.29 is 9.90 Å². The van der Waals surface area contributed by atoms with Gasteiger partial charge in [-0.3, -0.25) is 4.98 Å². The zero-order valence-electron chi connectivity index (χ0n) is 18.8. The van der Waals surface area contributed by atoms with E-state index in [-0.39, 0.29) is 11.6 Å².